The summed E-state index contributed by atoms with van der Waals surface area (Å²) in [5.74, 6) is 1.52. The fourth-order valence-corrected chi connectivity index (χ4v) is 5.59. The highest BCUT2D eigenvalue weighted by atomic mass is 79.9. The predicted octanol–water partition coefficient (Wildman–Crippen LogP) is 7.23. The fraction of sp³-hybridized carbons (Fsp3) is 0.250. The van der Waals surface area contributed by atoms with Gasteiger partial charge in [0.25, 0.3) is 0 Å². The maximum absolute atomic E-state index is 12.5. The van der Waals surface area contributed by atoms with E-state index in [2.05, 4.69) is 36.4 Å². The predicted molar refractivity (Wildman–Crippen MR) is 151 cm³/mol. The van der Waals surface area contributed by atoms with Crippen LogP contribution in [0, 0.1) is 0 Å². The van der Waals surface area contributed by atoms with E-state index in [4.69, 9.17) is 27.9 Å². The average molecular weight is 627 g/mol. The molecule has 36 heavy (non-hydrogen) atoms. The van der Waals surface area contributed by atoms with Gasteiger partial charge in [-0.25, -0.2) is 4.98 Å². The number of aryl methyl sites for hydroxylation is 1. The first-order valence-electron chi connectivity index (χ1n) is 11.1. The van der Waals surface area contributed by atoms with Gasteiger partial charge in [-0.2, -0.15) is 0 Å². The van der Waals surface area contributed by atoms with E-state index < -0.39 is 0 Å². The molecule has 0 aliphatic heterocycles. The Labute approximate surface area is 235 Å². The Hall–Kier alpha value is -2.11. The van der Waals surface area contributed by atoms with E-state index in [9.17, 15) is 4.79 Å². The number of aromatic nitrogens is 4. The standard InChI is InChI=1S/C24H22BrCl2N5O2S2/c1-2-32-21(4-3-11-34-20-10-9-17(26)12-18(20)27)30-31-24(32)36-14-22(33)29-23-28-19(13-35-23)15-5-7-16(25)8-6-15/h5-10,12-13H,2-4,11,14H2,1H3,(H,28,29,33). The van der Waals surface area contributed by atoms with Crippen molar-refractivity contribution in [2.75, 3.05) is 17.7 Å². The number of nitrogens with one attached hydrogen (secondary N) is 1. The van der Waals surface area contributed by atoms with Gasteiger partial charge in [0.1, 0.15) is 11.6 Å². The molecule has 0 unspecified atom stereocenters. The Kier molecular flexibility index (Phi) is 9.66. The second-order valence-electron chi connectivity index (χ2n) is 7.55. The number of nitrogens with zero attached hydrogens (tertiary/aromatic N) is 4. The number of hydrogen-bond donors (Lipinski definition) is 1. The zero-order valence-electron chi connectivity index (χ0n) is 19.2. The molecule has 0 fully saturated rings. The zero-order valence-corrected chi connectivity index (χ0v) is 23.9. The van der Waals surface area contributed by atoms with E-state index in [1.54, 1.807) is 18.2 Å². The van der Waals surface area contributed by atoms with Crippen LogP contribution in [0.15, 0.2) is 57.5 Å². The fourth-order valence-electron chi connectivity index (χ4n) is 3.30. The number of amides is 1. The van der Waals surface area contributed by atoms with Gasteiger partial charge in [0, 0.05) is 33.4 Å². The number of thiazole rings is 1. The Morgan fingerprint density at radius 1 is 1.19 bits per heavy atom. The molecule has 0 atom stereocenters. The van der Waals surface area contributed by atoms with Crippen molar-refractivity contribution in [2.45, 2.75) is 31.5 Å². The second-order valence-corrected chi connectivity index (χ2v) is 11.1. The molecule has 12 heteroatoms. The third-order valence-electron chi connectivity index (χ3n) is 5.03. The highest BCUT2D eigenvalue weighted by molar-refractivity contribution is 9.10. The Morgan fingerprint density at radius 3 is 2.75 bits per heavy atom. The van der Waals surface area contributed by atoms with Crippen molar-refractivity contribution >= 4 is 73.3 Å². The lowest BCUT2D eigenvalue weighted by atomic mass is 10.2. The molecule has 4 aromatic rings. The number of benzene rings is 2. The topological polar surface area (TPSA) is 81.9 Å². The van der Waals surface area contributed by atoms with Crippen molar-refractivity contribution in [1.82, 2.24) is 19.7 Å². The minimum atomic E-state index is -0.142. The zero-order chi connectivity index (χ0) is 25.5. The minimum absolute atomic E-state index is 0.142. The summed E-state index contributed by atoms with van der Waals surface area (Å²) in [6.07, 6.45) is 1.43. The summed E-state index contributed by atoms with van der Waals surface area (Å²) in [6.45, 7) is 3.22. The van der Waals surface area contributed by atoms with Crippen LogP contribution >= 0.6 is 62.2 Å². The van der Waals surface area contributed by atoms with E-state index in [1.807, 2.05) is 41.1 Å². The first-order valence-corrected chi connectivity index (χ1v) is 14.5. The molecule has 0 aliphatic carbocycles. The van der Waals surface area contributed by atoms with Crippen LogP contribution in [0.3, 0.4) is 0 Å². The summed E-state index contributed by atoms with van der Waals surface area (Å²) in [6, 6.07) is 13.0. The molecule has 0 spiro atoms. The van der Waals surface area contributed by atoms with Gasteiger partial charge < -0.3 is 14.6 Å². The van der Waals surface area contributed by atoms with Crippen LogP contribution in [0.4, 0.5) is 5.13 Å². The number of hydrogen-bond acceptors (Lipinski definition) is 7. The van der Waals surface area contributed by atoms with Crippen LogP contribution in [0.25, 0.3) is 11.3 Å². The molecule has 4 rings (SSSR count). The van der Waals surface area contributed by atoms with Gasteiger partial charge in [-0.15, -0.1) is 21.5 Å². The van der Waals surface area contributed by atoms with Crippen molar-refractivity contribution in [3.63, 3.8) is 0 Å². The van der Waals surface area contributed by atoms with Crippen LogP contribution in [0.1, 0.15) is 19.2 Å². The van der Waals surface area contributed by atoms with Crippen LogP contribution in [0.5, 0.6) is 5.75 Å². The number of carbonyl (C=O) groups excluding carboxylic acids is 1. The number of ether oxygens (including phenoxy) is 1. The molecular formula is C24H22BrCl2N5O2S2. The number of thioether (sulfide) groups is 1. The maximum Gasteiger partial charge on any atom is 0.236 e. The van der Waals surface area contributed by atoms with E-state index in [-0.39, 0.29) is 11.7 Å². The number of rotatable bonds is 11. The van der Waals surface area contributed by atoms with Crippen LogP contribution in [-0.4, -0.2) is 38.0 Å². The molecule has 0 saturated carbocycles. The molecule has 2 aromatic heterocycles. The van der Waals surface area contributed by atoms with E-state index in [0.717, 1.165) is 28.0 Å². The van der Waals surface area contributed by atoms with Crippen molar-refractivity contribution < 1.29 is 9.53 Å². The summed E-state index contributed by atoms with van der Waals surface area (Å²) < 4.78 is 8.77. The lowest BCUT2D eigenvalue weighted by Crippen LogP contribution is -2.14. The van der Waals surface area contributed by atoms with Crippen molar-refractivity contribution in [3.8, 4) is 17.0 Å². The molecule has 188 valence electrons. The molecular weight excluding hydrogens is 605 g/mol. The van der Waals surface area contributed by atoms with Gasteiger partial charge in [0.15, 0.2) is 10.3 Å². The SMILES string of the molecule is CCn1c(CCCOc2ccc(Cl)cc2Cl)nnc1SCC(=O)Nc1nc(-c2ccc(Br)cc2)cs1. The Morgan fingerprint density at radius 2 is 2.00 bits per heavy atom. The molecule has 0 aliphatic rings. The van der Waals surface area contributed by atoms with Crippen molar-refractivity contribution in [2.24, 2.45) is 0 Å². The van der Waals surface area contributed by atoms with Gasteiger partial charge >= 0.3 is 0 Å². The summed E-state index contributed by atoms with van der Waals surface area (Å²) in [7, 11) is 0. The highest BCUT2D eigenvalue weighted by Gasteiger charge is 2.14. The molecule has 0 saturated heterocycles. The Bertz CT molecular complexity index is 1330. The van der Waals surface area contributed by atoms with Crippen molar-refractivity contribution in [3.05, 3.63) is 68.2 Å². The smallest absolute Gasteiger partial charge is 0.236 e. The molecule has 2 aromatic carbocycles. The summed E-state index contributed by atoms with van der Waals surface area (Å²) in [5, 5.41) is 15.7. The van der Waals surface area contributed by atoms with Crippen LogP contribution in [0.2, 0.25) is 10.0 Å². The monoisotopic (exact) mass is 625 g/mol. The van der Waals surface area contributed by atoms with E-state index in [1.165, 1.54) is 23.1 Å². The summed E-state index contributed by atoms with van der Waals surface area (Å²) >= 11 is 18.2. The first kappa shape index (κ1) is 26.9. The molecule has 0 radical (unpaired) electrons. The Balaban J connectivity index is 1.26. The minimum Gasteiger partial charge on any atom is -0.492 e. The van der Waals surface area contributed by atoms with Gasteiger partial charge in [-0.05, 0) is 43.7 Å². The van der Waals surface area contributed by atoms with Crippen molar-refractivity contribution in [1.29, 1.82) is 0 Å². The number of carbonyl (C=O) groups is 1. The van der Waals surface area contributed by atoms with Gasteiger partial charge in [-0.3, -0.25) is 4.79 Å². The largest absolute Gasteiger partial charge is 0.492 e. The van der Waals surface area contributed by atoms with E-state index in [0.29, 0.717) is 45.7 Å². The molecule has 1 N–H and O–H groups in total. The van der Waals surface area contributed by atoms with E-state index >= 15 is 0 Å². The highest BCUT2D eigenvalue weighted by Crippen LogP contribution is 2.28. The molecule has 2 heterocycles. The summed E-state index contributed by atoms with van der Waals surface area (Å²) in [4.78, 5) is 17.0. The lowest BCUT2D eigenvalue weighted by Gasteiger charge is -2.09. The third kappa shape index (κ3) is 7.23. The molecule has 0 bridgehead atoms. The normalized spacial score (nSPS) is 11.0. The van der Waals surface area contributed by atoms with Crippen LogP contribution < -0.4 is 10.1 Å². The first-order chi connectivity index (χ1) is 17.4. The second kappa shape index (κ2) is 12.9. The molecule has 7 nitrogen and oxygen atoms in total. The van der Waals surface area contributed by atoms with Crippen LogP contribution in [-0.2, 0) is 17.8 Å². The lowest BCUT2D eigenvalue weighted by molar-refractivity contribution is -0.113. The quantitative estimate of drug-likeness (QED) is 0.140. The average Bonchev–Trinajstić information content (AvgIpc) is 3.48. The van der Waals surface area contributed by atoms with Gasteiger partial charge in [-0.1, -0.05) is 63.0 Å². The third-order valence-corrected chi connectivity index (χ3v) is 7.81. The van der Waals surface area contributed by atoms with Gasteiger partial charge in [0.05, 0.1) is 23.1 Å². The number of anilines is 1. The number of halogens is 3. The summed E-state index contributed by atoms with van der Waals surface area (Å²) in [5.41, 5.74) is 1.82. The van der Waals surface area contributed by atoms with Gasteiger partial charge in [0.2, 0.25) is 5.91 Å². The maximum atomic E-state index is 12.5. The molecule has 1 amide bonds.